The molecule has 64 valence electrons. The van der Waals surface area contributed by atoms with E-state index in [2.05, 4.69) is 6.58 Å². The highest BCUT2D eigenvalue weighted by atomic mass is 16.5. The van der Waals surface area contributed by atoms with E-state index in [9.17, 15) is 4.79 Å². The van der Waals surface area contributed by atoms with Crippen LogP contribution in [0.3, 0.4) is 0 Å². The van der Waals surface area contributed by atoms with E-state index >= 15 is 0 Å². The second-order valence-electron chi connectivity index (χ2n) is 1.92. The van der Waals surface area contributed by atoms with Crippen molar-refractivity contribution in [2.24, 2.45) is 0 Å². The summed E-state index contributed by atoms with van der Waals surface area (Å²) in [5, 5.41) is 17.2. The summed E-state index contributed by atoms with van der Waals surface area (Å²) in [5.41, 5.74) is 0. The fourth-order valence-electron chi connectivity index (χ4n) is 0.478. The van der Waals surface area contributed by atoms with Crippen molar-refractivity contribution in [3.63, 3.8) is 0 Å². The zero-order valence-electron chi connectivity index (χ0n) is 6.19. The molecule has 0 aliphatic carbocycles. The molecule has 0 heterocycles. The Hall–Kier alpha value is -0.710. The number of ether oxygens (including phenoxy) is 1. The van der Waals surface area contributed by atoms with Gasteiger partial charge in [0.2, 0.25) is 0 Å². The first-order valence-electron chi connectivity index (χ1n) is 3.25. The Morgan fingerprint density at radius 1 is 1.73 bits per heavy atom. The van der Waals surface area contributed by atoms with Gasteiger partial charge in [0.05, 0.1) is 19.8 Å². The summed E-state index contributed by atoms with van der Waals surface area (Å²) in [6.07, 6.45) is -0.119. The lowest BCUT2D eigenvalue weighted by atomic mass is 10.2. The van der Waals surface area contributed by atoms with Crippen LogP contribution in [0.5, 0.6) is 0 Å². The highest BCUT2D eigenvalue weighted by Gasteiger charge is 2.10. The Morgan fingerprint density at radius 2 is 2.36 bits per heavy atom. The Kier molecular flexibility index (Phi) is 5.64. The predicted octanol–water partition coefficient (Wildman–Crippen LogP) is -0.889. The Labute approximate surface area is 65.1 Å². The number of ketones is 1. The van der Waals surface area contributed by atoms with Crippen molar-refractivity contribution in [3.8, 4) is 0 Å². The van der Waals surface area contributed by atoms with E-state index < -0.39 is 11.9 Å². The largest absolute Gasteiger partial charge is 0.394 e. The normalized spacial score (nSPS) is 12.5. The molecule has 4 heteroatoms. The second kappa shape index (κ2) is 6.03. The minimum atomic E-state index is -1.15. The topological polar surface area (TPSA) is 66.8 Å². The van der Waals surface area contributed by atoms with Crippen molar-refractivity contribution < 1.29 is 19.7 Å². The molecular formula is C7H12O4. The predicted molar refractivity (Wildman–Crippen MR) is 39.1 cm³/mol. The van der Waals surface area contributed by atoms with Gasteiger partial charge in [-0.2, -0.15) is 0 Å². The summed E-state index contributed by atoms with van der Waals surface area (Å²) in [4.78, 5) is 10.6. The summed E-state index contributed by atoms with van der Waals surface area (Å²) in [6.45, 7) is 3.11. The van der Waals surface area contributed by atoms with E-state index in [1.54, 1.807) is 0 Å². The number of hydrogen-bond acceptors (Lipinski definition) is 4. The van der Waals surface area contributed by atoms with E-state index in [1.807, 2.05) is 0 Å². The van der Waals surface area contributed by atoms with Gasteiger partial charge in [-0.1, -0.05) is 6.58 Å². The summed E-state index contributed by atoms with van der Waals surface area (Å²) in [5.74, 6) is -0.470. The molecule has 0 aromatic heterocycles. The molecular weight excluding hydrogens is 148 g/mol. The number of rotatable bonds is 6. The molecule has 0 saturated heterocycles. The number of carbonyl (C=O) groups excluding carboxylic acids is 1. The van der Waals surface area contributed by atoms with E-state index in [0.29, 0.717) is 0 Å². The van der Waals surface area contributed by atoms with Gasteiger partial charge >= 0.3 is 0 Å². The summed E-state index contributed by atoms with van der Waals surface area (Å²) in [7, 11) is 0. The maximum Gasteiger partial charge on any atom is 0.185 e. The van der Waals surface area contributed by atoms with Gasteiger partial charge in [0.25, 0.3) is 0 Å². The molecule has 0 saturated carbocycles. The van der Waals surface area contributed by atoms with Crippen LogP contribution < -0.4 is 0 Å². The van der Waals surface area contributed by atoms with Crippen LogP contribution in [0.15, 0.2) is 12.7 Å². The minimum Gasteiger partial charge on any atom is -0.394 e. The summed E-state index contributed by atoms with van der Waals surface area (Å²) >= 11 is 0. The van der Waals surface area contributed by atoms with Crippen LogP contribution >= 0.6 is 0 Å². The van der Waals surface area contributed by atoms with Crippen molar-refractivity contribution in [2.45, 2.75) is 6.10 Å². The first-order chi connectivity index (χ1) is 5.22. The van der Waals surface area contributed by atoms with Crippen molar-refractivity contribution in [2.75, 3.05) is 19.8 Å². The molecule has 0 radical (unpaired) electrons. The van der Waals surface area contributed by atoms with Crippen LogP contribution in [0.2, 0.25) is 0 Å². The monoisotopic (exact) mass is 160 g/mol. The van der Waals surface area contributed by atoms with Crippen LogP contribution in [-0.4, -0.2) is 41.9 Å². The van der Waals surface area contributed by atoms with E-state index in [0.717, 1.165) is 6.08 Å². The first kappa shape index (κ1) is 10.3. The van der Waals surface area contributed by atoms with Crippen LogP contribution in [0.1, 0.15) is 0 Å². The fourth-order valence-corrected chi connectivity index (χ4v) is 0.478. The molecule has 11 heavy (non-hydrogen) atoms. The third-order valence-electron chi connectivity index (χ3n) is 1.04. The molecule has 1 unspecified atom stereocenters. The quantitative estimate of drug-likeness (QED) is 0.391. The Balaban J connectivity index is 3.43. The summed E-state index contributed by atoms with van der Waals surface area (Å²) < 4.78 is 4.70. The van der Waals surface area contributed by atoms with Gasteiger partial charge in [-0.15, -0.1) is 0 Å². The molecule has 0 amide bonds. The van der Waals surface area contributed by atoms with Crippen molar-refractivity contribution in [1.82, 2.24) is 0 Å². The summed E-state index contributed by atoms with van der Waals surface area (Å²) in [6, 6.07) is 0. The first-order valence-corrected chi connectivity index (χ1v) is 3.25. The maximum atomic E-state index is 10.6. The number of hydrogen-bond donors (Lipinski definition) is 2. The third-order valence-corrected chi connectivity index (χ3v) is 1.04. The highest BCUT2D eigenvalue weighted by Crippen LogP contribution is 1.88. The fraction of sp³-hybridized carbons (Fsp3) is 0.571. The number of aliphatic hydroxyl groups is 2. The molecule has 0 bridgehead atoms. The molecule has 0 aliphatic heterocycles. The molecule has 0 fully saturated rings. The van der Waals surface area contributed by atoms with Crippen molar-refractivity contribution in [1.29, 1.82) is 0 Å². The average molecular weight is 160 g/mol. The third kappa shape index (κ3) is 4.66. The van der Waals surface area contributed by atoms with E-state index in [4.69, 9.17) is 14.9 Å². The van der Waals surface area contributed by atoms with Crippen LogP contribution in [-0.2, 0) is 9.53 Å². The molecule has 0 spiro atoms. The van der Waals surface area contributed by atoms with Gasteiger partial charge in [-0.3, -0.25) is 4.79 Å². The van der Waals surface area contributed by atoms with E-state index in [-0.39, 0.29) is 19.8 Å². The van der Waals surface area contributed by atoms with Crippen molar-refractivity contribution in [3.05, 3.63) is 12.7 Å². The van der Waals surface area contributed by atoms with E-state index in [1.165, 1.54) is 0 Å². The van der Waals surface area contributed by atoms with Crippen LogP contribution in [0.25, 0.3) is 0 Å². The van der Waals surface area contributed by atoms with Gasteiger partial charge in [0.1, 0.15) is 6.10 Å². The second-order valence-corrected chi connectivity index (χ2v) is 1.92. The van der Waals surface area contributed by atoms with Crippen LogP contribution in [0.4, 0.5) is 0 Å². The van der Waals surface area contributed by atoms with Gasteiger partial charge in [-0.25, -0.2) is 0 Å². The number of aliphatic hydroxyl groups excluding tert-OH is 2. The highest BCUT2D eigenvalue weighted by molar-refractivity contribution is 5.92. The van der Waals surface area contributed by atoms with Crippen molar-refractivity contribution >= 4 is 5.78 Å². The molecule has 0 aromatic carbocycles. The lowest BCUT2D eigenvalue weighted by Crippen LogP contribution is -2.24. The molecule has 0 aromatic rings. The molecule has 0 aliphatic rings. The van der Waals surface area contributed by atoms with Gasteiger partial charge in [0, 0.05) is 0 Å². The standard InChI is InChI=1S/C7H12O4/c1-2-6(9)7(10)5-11-4-3-8/h2,7-8,10H,1,3-5H2. The maximum absolute atomic E-state index is 10.6. The minimum absolute atomic E-state index is 0.0919. The molecule has 4 nitrogen and oxygen atoms in total. The smallest absolute Gasteiger partial charge is 0.185 e. The Bertz CT molecular complexity index is 132. The lowest BCUT2D eigenvalue weighted by Gasteiger charge is -2.05. The number of carbonyl (C=O) groups is 1. The molecule has 1 atom stereocenters. The SMILES string of the molecule is C=CC(=O)C(O)COCCO. The molecule has 2 N–H and O–H groups in total. The van der Waals surface area contributed by atoms with Gasteiger partial charge in [0.15, 0.2) is 5.78 Å². The Morgan fingerprint density at radius 3 is 2.82 bits per heavy atom. The molecule has 0 rings (SSSR count). The van der Waals surface area contributed by atoms with Gasteiger partial charge in [-0.05, 0) is 6.08 Å². The average Bonchev–Trinajstić information content (AvgIpc) is 2.03. The zero-order valence-corrected chi connectivity index (χ0v) is 6.19. The zero-order chi connectivity index (χ0) is 8.69. The van der Waals surface area contributed by atoms with Crippen LogP contribution in [0, 0.1) is 0 Å². The van der Waals surface area contributed by atoms with Gasteiger partial charge < -0.3 is 14.9 Å². The lowest BCUT2D eigenvalue weighted by molar-refractivity contribution is -0.125.